The molecule has 0 aromatic heterocycles. The van der Waals surface area contributed by atoms with Crippen molar-refractivity contribution >= 4 is 5.97 Å². The minimum atomic E-state index is -0.0770. The summed E-state index contributed by atoms with van der Waals surface area (Å²) in [4.78, 5) is 11.7. The van der Waals surface area contributed by atoms with Crippen LogP contribution >= 0.6 is 0 Å². The first-order chi connectivity index (χ1) is 9.77. The van der Waals surface area contributed by atoms with Gasteiger partial charge in [0.05, 0.1) is 12.5 Å². The molecule has 0 amide bonds. The number of ether oxygens (including phenoxy) is 1. The SMILES string of the molecule is C[C@H]1C(=O)OC[C@H]1C(c1ccccc1)c1ccccc1. The van der Waals surface area contributed by atoms with Crippen LogP contribution in [0.3, 0.4) is 0 Å². The van der Waals surface area contributed by atoms with Crippen molar-refractivity contribution in [3.63, 3.8) is 0 Å². The van der Waals surface area contributed by atoms with Gasteiger partial charge in [-0.25, -0.2) is 0 Å². The van der Waals surface area contributed by atoms with Crippen molar-refractivity contribution in [2.24, 2.45) is 11.8 Å². The Morgan fingerprint density at radius 1 is 0.950 bits per heavy atom. The molecule has 2 aromatic carbocycles. The molecule has 20 heavy (non-hydrogen) atoms. The molecule has 1 aliphatic rings. The molecule has 0 N–H and O–H groups in total. The van der Waals surface area contributed by atoms with Crippen molar-refractivity contribution in [3.8, 4) is 0 Å². The molecule has 0 unspecified atom stereocenters. The molecular weight excluding hydrogens is 248 g/mol. The van der Waals surface area contributed by atoms with E-state index in [1.165, 1.54) is 11.1 Å². The summed E-state index contributed by atoms with van der Waals surface area (Å²) in [6.45, 7) is 2.48. The first kappa shape index (κ1) is 12.9. The van der Waals surface area contributed by atoms with Crippen molar-refractivity contribution in [3.05, 3.63) is 71.8 Å². The largest absolute Gasteiger partial charge is 0.465 e. The third-order valence-electron chi connectivity index (χ3n) is 4.18. The van der Waals surface area contributed by atoms with E-state index in [1.807, 2.05) is 43.3 Å². The molecular formula is C18H18O2. The highest BCUT2D eigenvalue weighted by molar-refractivity contribution is 5.74. The monoisotopic (exact) mass is 266 g/mol. The Labute approximate surface area is 119 Å². The zero-order chi connectivity index (χ0) is 13.9. The van der Waals surface area contributed by atoms with Crippen LogP contribution < -0.4 is 0 Å². The van der Waals surface area contributed by atoms with Crippen LogP contribution in [0.2, 0.25) is 0 Å². The van der Waals surface area contributed by atoms with E-state index in [9.17, 15) is 4.79 Å². The second-order valence-electron chi connectivity index (χ2n) is 5.38. The number of rotatable bonds is 3. The molecule has 0 aliphatic carbocycles. The smallest absolute Gasteiger partial charge is 0.309 e. The minimum Gasteiger partial charge on any atom is -0.465 e. The topological polar surface area (TPSA) is 26.3 Å². The molecule has 0 radical (unpaired) electrons. The van der Waals surface area contributed by atoms with E-state index in [0.717, 1.165) is 0 Å². The van der Waals surface area contributed by atoms with Gasteiger partial charge in [0.15, 0.2) is 0 Å². The average molecular weight is 266 g/mol. The molecule has 1 fully saturated rings. The highest BCUT2D eigenvalue weighted by atomic mass is 16.5. The summed E-state index contributed by atoms with van der Waals surface area (Å²) in [5.74, 6) is 0.276. The molecule has 2 aromatic rings. The fraction of sp³-hybridized carbons (Fsp3) is 0.278. The number of carbonyl (C=O) groups is 1. The van der Waals surface area contributed by atoms with E-state index in [1.54, 1.807) is 0 Å². The van der Waals surface area contributed by atoms with E-state index in [0.29, 0.717) is 6.61 Å². The van der Waals surface area contributed by atoms with Gasteiger partial charge >= 0.3 is 5.97 Å². The Balaban J connectivity index is 2.03. The van der Waals surface area contributed by atoms with Crippen LogP contribution in [0, 0.1) is 11.8 Å². The fourth-order valence-electron chi connectivity index (χ4n) is 3.02. The third-order valence-corrected chi connectivity index (χ3v) is 4.18. The molecule has 1 aliphatic heterocycles. The Morgan fingerprint density at radius 2 is 1.45 bits per heavy atom. The van der Waals surface area contributed by atoms with Gasteiger partial charge in [0.25, 0.3) is 0 Å². The van der Waals surface area contributed by atoms with Crippen LogP contribution in [0.25, 0.3) is 0 Å². The molecule has 0 bridgehead atoms. The van der Waals surface area contributed by atoms with E-state index < -0.39 is 0 Å². The Bertz CT molecular complexity index is 537. The zero-order valence-corrected chi connectivity index (χ0v) is 11.5. The zero-order valence-electron chi connectivity index (χ0n) is 11.5. The van der Waals surface area contributed by atoms with Gasteiger partial charge in [-0.15, -0.1) is 0 Å². The molecule has 3 rings (SSSR count). The molecule has 1 heterocycles. The Morgan fingerprint density at radius 3 is 1.85 bits per heavy atom. The lowest BCUT2D eigenvalue weighted by Crippen LogP contribution is -2.21. The number of hydrogen-bond donors (Lipinski definition) is 0. The van der Waals surface area contributed by atoms with Crippen LogP contribution in [0.1, 0.15) is 24.0 Å². The lowest BCUT2D eigenvalue weighted by atomic mass is 9.76. The molecule has 102 valence electrons. The minimum absolute atomic E-state index is 0.0552. The molecule has 2 nitrogen and oxygen atoms in total. The maximum Gasteiger partial charge on any atom is 0.309 e. The average Bonchev–Trinajstić information content (AvgIpc) is 2.82. The number of hydrogen-bond acceptors (Lipinski definition) is 2. The van der Waals surface area contributed by atoms with Crippen molar-refractivity contribution in [2.75, 3.05) is 6.61 Å². The van der Waals surface area contributed by atoms with Gasteiger partial charge in [-0.05, 0) is 11.1 Å². The Hall–Kier alpha value is -2.09. The van der Waals surface area contributed by atoms with Crippen molar-refractivity contribution in [2.45, 2.75) is 12.8 Å². The molecule has 0 spiro atoms. The maximum absolute atomic E-state index is 11.7. The number of cyclic esters (lactones) is 1. The van der Waals surface area contributed by atoms with Crippen LogP contribution in [0.4, 0.5) is 0 Å². The van der Waals surface area contributed by atoms with Crippen LogP contribution in [0.15, 0.2) is 60.7 Å². The summed E-state index contributed by atoms with van der Waals surface area (Å²) < 4.78 is 5.26. The first-order valence-electron chi connectivity index (χ1n) is 7.04. The second kappa shape index (κ2) is 5.49. The molecule has 0 saturated carbocycles. The quantitative estimate of drug-likeness (QED) is 0.793. The standard InChI is InChI=1S/C18H18O2/c1-13-16(12-20-18(13)19)17(14-8-4-2-5-9-14)15-10-6-3-7-11-15/h2-11,13,16-17H,12H2,1H3/t13-,16-/m1/s1. The van der Waals surface area contributed by atoms with Crippen LogP contribution in [-0.4, -0.2) is 12.6 Å². The summed E-state index contributed by atoms with van der Waals surface area (Å²) in [6, 6.07) is 20.8. The molecule has 2 atom stereocenters. The highest BCUT2D eigenvalue weighted by Gasteiger charge is 2.39. The lowest BCUT2D eigenvalue weighted by Gasteiger charge is -2.25. The normalized spacial score (nSPS) is 22.0. The van der Waals surface area contributed by atoms with Crippen molar-refractivity contribution in [1.29, 1.82) is 0 Å². The highest BCUT2D eigenvalue weighted by Crippen LogP contribution is 2.39. The van der Waals surface area contributed by atoms with E-state index in [2.05, 4.69) is 24.3 Å². The summed E-state index contributed by atoms with van der Waals surface area (Å²) in [7, 11) is 0. The van der Waals surface area contributed by atoms with Gasteiger partial charge in [-0.2, -0.15) is 0 Å². The summed E-state index contributed by atoms with van der Waals surface area (Å²) in [5.41, 5.74) is 2.49. The predicted octanol–water partition coefficient (Wildman–Crippen LogP) is 3.63. The lowest BCUT2D eigenvalue weighted by molar-refractivity contribution is -0.140. The van der Waals surface area contributed by atoms with Gasteiger partial charge in [-0.1, -0.05) is 67.6 Å². The van der Waals surface area contributed by atoms with Gasteiger partial charge in [-0.3, -0.25) is 4.79 Å². The van der Waals surface area contributed by atoms with E-state index >= 15 is 0 Å². The van der Waals surface area contributed by atoms with Crippen LogP contribution in [0.5, 0.6) is 0 Å². The number of esters is 1. The van der Waals surface area contributed by atoms with Crippen molar-refractivity contribution < 1.29 is 9.53 Å². The third kappa shape index (κ3) is 2.34. The summed E-state index contributed by atoms with van der Waals surface area (Å²) in [6.07, 6.45) is 0. The van der Waals surface area contributed by atoms with E-state index in [4.69, 9.17) is 4.74 Å². The van der Waals surface area contributed by atoms with Gasteiger partial charge < -0.3 is 4.74 Å². The predicted molar refractivity (Wildman–Crippen MR) is 78.3 cm³/mol. The second-order valence-corrected chi connectivity index (χ2v) is 5.38. The van der Waals surface area contributed by atoms with Gasteiger partial charge in [0, 0.05) is 11.8 Å². The van der Waals surface area contributed by atoms with Gasteiger partial charge in [0.1, 0.15) is 0 Å². The van der Waals surface area contributed by atoms with Gasteiger partial charge in [0.2, 0.25) is 0 Å². The summed E-state index contributed by atoms with van der Waals surface area (Å²) in [5, 5.41) is 0. The number of carbonyl (C=O) groups excluding carboxylic acids is 1. The molecule has 1 saturated heterocycles. The van der Waals surface area contributed by atoms with E-state index in [-0.39, 0.29) is 23.7 Å². The Kier molecular flexibility index (Phi) is 3.55. The van der Waals surface area contributed by atoms with Crippen LogP contribution in [-0.2, 0) is 9.53 Å². The fourth-order valence-corrected chi connectivity index (χ4v) is 3.02. The van der Waals surface area contributed by atoms with Crippen molar-refractivity contribution in [1.82, 2.24) is 0 Å². The summed E-state index contributed by atoms with van der Waals surface area (Å²) >= 11 is 0. The molecule has 2 heteroatoms. The number of benzene rings is 2. The maximum atomic E-state index is 11.7. The first-order valence-corrected chi connectivity index (χ1v) is 7.04.